The van der Waals surface area contributed by atoms with Gasteiger partial charge in [-0.1, -0.05) is 43.7 Å². The van der Waals surface area contributed by atoms with Gasteiger partial charge in [0.1, 0.15) is 5.01 Å². The van der Waals surface area contributed by atoms with Crippen LogP contribution in [0.15, 0.2) is 30.5 Å². The molecule has 0 fully saturated rings. The molecule has 0 aliphatic carbocycles. The van der Waals surface area contributed by atoms with Crippen molar-refractivity contribution >= 4 is 34.0 Å². The van der Waals surface area contributed by atoms with E-state index in [2.05, 4.69) is 20.6 Å². The molecule has 0 bridgehead atoms. The molecule has 0 saturated carbocycles. The summed E-state index contributed by atoms with van der Waals surface area (Å²) in [4.78, 5) is 12.7. The van der Waals surface area contributed by atoms with Crippen LogP contribution >= 0.6 is 22.9 Å². The molecule has 0 spiro atoms. The standard InChI is InChI=1S/C17H18ClN5OS/c1-4-14-21-22-17(25-14)20-16(24)13-9-19-23(15(13)10(2)3)12-7-5-11(18)6-8-12/h5-10H,4H2,1-3H3,(H,20,22,24). The van der Waals surface area contributed by atoms with Crippen molar-refractivity contribution < 1.29 is 4.79 Å². The highest BCUT2D eigenvalue weighted by Gasteiger charge is 2.21. The van der Waals surface area contributed by atoms with Gasteiger partial charge in [0, 0.05) is 5.02 Å². The van der Waals surface area contributed by atoms with Crippen LogP contribution in [0.4, 0.5) is 5.13 Å². The minimum atomic E-state index is -0.234. The third-order valence-electron chi connectivity index (χ3n) is 3.66. The molecule has 3 aromatic rings. The van der Waals surface area contributed by atoms with Gasteiger partial charge in [-0.2, -0.15) is 5.10 Å². The number of carbonyl (C=O) groups is 1. The summed E-state index contributed by atoms with van der Waals surface area (Å²) in [5.74, 6) is -0.123. The fraction of sp³-hybridized carbons (Fsp3) is 0.294. The van der Waals surface area contributed by atoms with Gasteiger partial charge in [-0.25, -0.2) is 4.68 Å². The second kappa shape index (κ2) is 7.33. The number of anilines is 1. The van der Waals surface area contributed by atoms with Crippen LogP contribution in [-0.4, -0.2) is 25.9 Å². The van der Waals surface area contributed by atoms with E-state index >= 15 is 0 Å². The second-order valence-corrected chi connectivity index (χ2v) is 7.29. The van der Waals surface area contributed by atoms with Gasteiger partial charge in [0.2, 0.25) is 5.13 Å². The van der Waals surface area contributed by atoms with Crippen molar-refractivity contribution in [1.29, 1.82) is 0 Å². The maximum absolute atomic E-state index is 12.7. The normalized spacial score (nSPS) is 11.1. The predicted octanol–water partition coefficient (Wildman–Crippen LogP) is 4.32. The monoisotopic (exact) mass is 375 g/mol. The van der Waals surface area contributed by atoms with Gasteiger partial charge in [0.15, 0.2) is 0 Å². The lowest BCUT2D eigenvalue weighted by Gasteiger charge is -2.12. The molecule has 8 heteroatoms. The third-order valence-corrected chi connectivity index (χ3v) is 4.89. The predicted molar refractivity (Wildman–Crippen MR) is 99.9 cm³/mol. The Hall–Kier alpha value is -2.25. The summed E-state index contributed by atoms with van der Waals surface area (Å²) in [6, 6.07) is 7.36. The van der Waals surface area contributed by atoms with Crippen molar-refractivity contribution in [2.45, 2.75) is 33.1 Å². The van der Waals surface area contributed by atoms with E-state index in [0.717, 1.165) is 22.8 Å². The van der Waals surface area contributed by atoms with E-state index in [1.165, 1.54) is 11.3 Å². The van der Waals surface area contributed by atoms with Crippen LogP contribution in [0.5, 0.6) is 0 Å². The number of carbonyl (C=O) groups excluding carboxylic acids is 1. The lowest BCUT2D eigenvalue weighted by molar-refractivity contribution is 0.102. The average molecular weight is 376 g/mol. The van der Waals surface area contributed by atoms with Gasteiger partial charge in [-0.05, 0) is 36.6 Å². The molecule has 1 amide bonds. The molecule has 0 aliphatic heterocycles. The Morgan fingerprint density at radius 3 is 2.60 bits per heavy atom. The number of hydrogen-bond acceptors (Lipinski definition) is 5. The van der Waals surface area contributed by atoms with Crippen molar-refractivity contribution in [3.63, 3.8) is 0 Å². The van der Waals surface area contributed by atoms with Gasteiger partial charge in [0.25, 0.3) is 5.91 Å². The maximum atomic E-state index is 12.7. The SMILES string of the molecule is CCc1nnc(NC(=O)c2cnn(-c3ccc(Cl)cc3)c2C(C)C)s1. The van der Waals surface area contributed by atoms with Crippen LogP contribution in [0.3, 0.4) is 0 Å². The smallest absolute Gasteiger partial charge is 0.260 e. The molecular weight excluding hydrogens is 358 g/mol. The Balaban J connectivity index is 1.93. The highest BCUT2D eigenvalue weighted by molar-refractivity contribution is 7.15. The molecular formula is C17H18ClN5OS. The number of aryl methyl sites for hydroxylation is 1. The van der Waals surface area contributed by atoms with Crippen molar-refractivity contribution in [2.75, 3.05) is 5.32 Å². The maximum Gasteiger partial charge on any atom is 0.260 e. The van der Waals surface area contributed by atoms with Crippen molar-refractivity contribution in [2.24, 2.45) is 0 Å². The van der Waals surface area contributed by atoms with E-state index in [-0.39, 0.29) is 11.8 Å². The molecule has 1 N–H and O–H groups in total. The quantitative estimate of drug-likeness (QED) is 0.720. The first-order valence-corrected chi connectivity index (χ1v) is 9.16. The molecule has 0 saturated heterocycles. The molecule has 6 nitrogen and oxygen atoms in total. The second-order valence-electron chi connectivity index (χ2n) is 5.80. The molecule has 0 radical (unpaired) electrons. The Labute approximate surface area is 154 Å². The Kier molecular flexibility index (Phi) is 5.15. The van der Waals surface area contributed by atoms with E-state index in [9.17, 15) is 4.79 Å². The van der Waals surface area contributed by atoms with E-state index in [1.54, 1.807) is 23.0 Å². The molecule has 0 atom stereocenters. The summed E-state index contributed by atoms with van der Waals surface area (Å²) < 4.78 is 1.77. The number of nitrogens with zero attached hydrogens (tertiary/aromatic N) is 4. The van der Waals surface area contributed by atoms with Gasteiger partial charge < -0.3 is 0 Å². The molecule has 0 unspecified atom stereocenters. The highest BCUT2D eigenvalue weighted by Crippen LogP contribution is 2.25. The number of aromatic nitrogens is 4. The highest BCUT2D eigenvalue weighted by atomic mass is 35.5. The van der Waals surface area contributed by atoms with Crippen molar-refractivity contribution in [3.05, 3.63) is 51.7 Å². The van der Waals surface area contributed by atoms with Crippen molar-refractivity contribution in [1.82, 2.24) is 20.0 Å². The molecule has 2 aromatic heterocycles. The van der Waals surface area contributed by atoms with E-state index < -0.39 is 0 Å². The van der Waals surface area contributed by atoms with Crippen molar-refractivity contribution in [3.8, 4) is 5.69 Å². The van der Waals surface area contributed by atoms with E-state index in [0.29, 0.717) is 15.7 Å². The fourth-order valence-corrected chi connectivity index (χ4v) is 3.29. The van der Waals surface area contributed by atoms with Gasteiger partial charge >= 0.3 is 0 Å². The van der Waals surface area contributed by atoms with Crippen LogP contribution in [0.1, 0.15) is 47.7 Å². The average Bonchev–Trinajstić information content (AvgIpc) is 3.22. The number of halogens is 1. The van der Waals surface area contributed by atoms with Crippen LogP contribution in [0.2, 0.25) is 5.02 Å². The largest absolute Gasteiger partial charge is 0.296 e. The minimum absolute atomic E-state index is 0.111. The summed E-state index contributed by atoms with van der Waals surface area (Å²) in [7, 11) is 0. The zero-order valence-electron chi connectivity index (χ0n) is 14.2. The summed E-state index contributed by atoms with van der Waals surface area (Å²) in [5.41, 5.74) is 2.22. The number of hydrogen-bond donors (Lipinski definition) is 1. The topological polar surface area (TPSA) is 72.7 Å². The molecule has 0 aliphatic rings. The summed E-state index contributed by atoms with van der Waals surface area (Å²) in [6.07, 6.45) is 2.38. The molecule has 3 rings (SSSR count). The van der Waals surface area contributed by atoms with Crippen LogP contribution in [-0.2, 0) is 6.42 Å². The number of benzene rings is 1. The Morgan fingerprint density at radius 2 is 2.00 bits per heavy atom. The lowest BCUT2D eigenvalue weighted by atomic mass is 10.1. The lowest BCUT2D eigenvalue weighted by Crippen LogP contribution is -2.15. The summed E-state index contributed by atoms with van der Waals surface area (Å²) in [5, 5.41) is 17.3. The number of rotatable bonds is 5. The Bertz CT molecular complexity index is 885. The molecule has 2 heterocycles. The first-order valence-electron chi connectivity index (χ1n) is 7.97. The molecule has 25 heavy (non-hydrogen) atoms. The first kappa shape index (κ1) is 17.6. The zero-order valence-corrected chi connectivity index (χ0v) is 15.7. The third kappa shape index (κ3) is 3.72. The molecule has 1 aromatic carbocycles. The van der Waals surface area contributed by atoms with E-state index in [4.69, 9.17) is 11.6 Å². The van der Waals surface area contributed by atoms with Gasteiger partial charge in [-0.3, -0.25) is 10.1 Å². The molecule has 130 valence electrons. The van der Waals surface area contributed by atoms with Gasteiger partial charge in [-0.15, -0.1) is 10.2 Å². The van der Waals surface area contributed by atoms with Crippen LogP contribution < -0.4 is 5.32 Å². The Morgan fingerprint density at radius 1 is 1.28 bits per heavy atom. The fourth-order valence-electron chi connectivity index (χ4n) is 2.49. The summed E-state index contributed by atoms with van der Waals surface area (Å²) in [6.45, 7) is 6.06. The first-order chi connectivity index (χ1) is 12.0. The number of nitrogens with one attached hydrogen (secondary N) is 1. The van der Waals surface area contributed by atoms with Crippen LogP contribution in [0.25, 0.3) is 5.69 Å². The zero-order chi connectivity index (χ0) is 18.0. The van der Waals surface area contributed by atoms with Gasteiger partial charge in [0.05, 0.1) is 23.1 Å². The summed E-state index contributed by atoms with van der Waals surface area (Å²) >= 11 is 7.33. The number of amides is 1. The van der Waals surface area contributed by atoms with Crippen LogP contribution in [0, 0.1) is 0 Å². The van der Waals surface area contributed by atoms with E-state index in [1.807, 2.05) is 32.9 Å². The minimum Gasteiger partial charge on any atom is -0.296 e.